The molecule has 2 aromatic carbocycles. The van der Waals surface area contributed by atoms with Gasteiger partial charge in [0, 0.05) is 0 Å². The number of nitrogens with one attached hydrogen (secondary N) is 1. The van der Waals surface area contributed by atoms with E-state index in [2.05, 4.69) is 5.32 Å². The van der Waals surface area contributed by atoms with Crippen LogP contribution in [0, 0.1) is 36.0 Å². The first kappa shape index (κ1) is 15.4. The lowest BCUT2D eigenvalue weighted by atomic mass is 9.96. The normalized spacial score (nSPS) is 12.5. The predicted octanol–water partition coefficient (Wildman–Crippen LogP) is 4.00. The van der Waals surface area contributed by atoms with E-state index in [4.69, 9.17) is 0 Å². The molecule has 6 heteroatoms. The summed E-state index contributed by atoms with van der Waals surface area (Å²) in [5.41, 5.74) is 0.412. The highest BCUT2D eigenvalue weighted by Crippen LogP contribution is 2.31. The van der Waals surface area contributed by atoms with Crippen LogP contribution in [-0.4, -0.2) is 7.05 Å². The van der Waals surface area contributed by atoms with Gasteiger partial charge in [0.05, 0.1) is 11.6 Å². The first-order chi connectivity index (χ1) is 9.88. The second-order valence-electron chi connectivity index (χ2n) is 4.62. The van der Waals surface area contributed by atoms with Crippen LogP contribution in [0.4, 0.5) is 22.0 Å². The van der Waals surface area contributed by atoms with Crippen LogP contribution in [-0.2, 0) is 0 Å². The maximum absolute atomic E-state index is 13.8. The summed E-state index contributed by atoms with van der Waals surface area (Å²) in [7, 11) is 1.38. The predicted molar refractivity (Wildman–Crippen MR) is 68.3 cm³/mol. The molecule has 1 unspecified atom stereocenters. The molecule has 0 amide bonds. The molecule has 1 atom stereocenters. The number of rotatable bonds is 3. The van der Waals surface area contributed by atoms with Gasteiger partial charge in [-0.1, -0.05) is 29.8 Å². The third-order valence-corrected chi connectivity index (χ3v) is 3.23. The zero-order chi connectivity index (χ0) is 15.7. The second-order valence-corrected chi connectivity index (χ2v) is 4.62. The van der Waals surface area contributed by atoms with Crippen molar-refractivity contribution in [3.05, 3.63) is 70.0 Å². The Morgan fingerprint density at radius 3 is 1.62 bits per heavy atom. The molecule has 0 aromatic heterocycles. The van der Waals surface area contributed by atoms with E-state index in [1.807, 2.05) is 6.92 Å². The van der Waals surface area contributed by atoms with Gasteiger partial charge in [0.15, 0.2) is 23.3 Å². The SMILES string of the molecule is CNC(c1ccc(C)cc1)c1c(F)c(F)c(F)c(F)c1F. The van der Waals surface area contributed by atoms with Crippen LogP contribution < -0.4 is 5.32 Å². The Balaban J connectivity index is 2.65. The van der Waals surface area contributed by atoms with Gasteiger partial charge in [-0.25, -0.2) is 22.0 Å². The molecule has 0 aliphatic carbocycles. The topological polar surface area (TPSA) is 12.0 Å². The van der Waals surface area contributed by atoms with E-state index < -0.39 is 40.7 Å². The molecule has 0 fully saturated rings. The summed E-state index contributed by atoms with van der Waals surface area (Å²) >= 11 is 0. The smallest absolute Gasteiger partial charge is 0.200 e. The van der Waals surface area contributed by atoms with Crippen molar-refractivity contribution < 1.29 is 22.0 Å². The highest BCUT2D eigenvalue weighted by atomic mass is 19.2. The van der Waals surface area contributed by atoms with Crippen molar-refractivity contribution in [2.75, 3.05) is 7.05 Å². The van der Waals surface area contributed by atoms with E-state index in [1.165, 1.54) is 7.05 Å². The van der Waals surface area contributed by atoms with Crippen molar-refractivity contribution in [2.24, 2.45) is 0 Å². The third-order valence-electron chi connectivity index (χ3n) is 3.23. The lowest BCUT2D eigenvalue weighted by Crippen LogP contribution is -2.22. The van der Waals surface area contributed by atoms with Gasteiger partial charge in [-0.2, -0.15) is 0 Å². The van der Waals surface area contributed by atoms with Crippen molar-refractivity contribution in [2.45, 2.75) is 13.0 Å². The van der Waals surface area contributed by atoms with E-state index in [0.29, 0.717) is 5.56 Å². The van der Waals surface area contributed by atoms with E-state index in [-0.39, 0.29) is 0 Å². The Bertz CT molecular complexity index is 638. The third kappa shape index (κ3) is 2.63. The van der Waals surface area contributed by atoms with E-state index in [9.17, 15) is 22.0 Å². The van der Waals surface area contributed by atoms with Gasteiger partial charge in [-0.15, -0.1) is 0 Å². The molecule has 0 heterocycles. The van der Waals surface area contributed by atoms with Gasteiger partial charge in [0.2, 0.25) is 5.82 Å². The number of hydrogen-bond donors (Lipinski definition) is 1. The Morgan fingerprint density at radius 1 is 0.762 bits per heavy atom. The first-order valence-electron chi connectivity index (χ1n) is 6.13. The van der Waals surface area contributed by atoms with Crippen LogP contribution in [0.25, 0.3) is 0 Å². The molecular formula is C15H12F5N. The number of benzene rings is 2. The fourth-order valence-corrected chi connectivity index (χ4v) is 2.11. The Labute approximate surface area is 118 Å². The average Bonchev–Trinajstić information content (AvgIpc) is 2.49. The molecule has 0 saturated carbocycles. The second kappa shape index (κ2) is 5.81. The number of halogens is 5. The minimum atomic E-state index is -2.16. The summed E-state index contributed by atoms with van der Waals surface area (Å²) in [6.07, 6.45) is 0. The lowest BCUT2D eigenvalue weighted by molar-refractivity contribution is 0.364. The van der Waals surface area contributed by atoms with Crippen molar-refractivity contribution >= 4 is 0 Å². The maximum Gasteiger partial charge on any atom is 0.200 e. The maximum atomic E-state index is 13.8. The van der Waals surface area contributed by atoms with Crippen LogP contribution in [0.15, 0.2) is 24.3 Å². The van der Waals surface area contributed by atoms with Crippen LogP contribution in [0.2, 0.25) is 0 Å². The van der Waals surface area contributed by atoms with Crippen LogP contribution >= 0.6 is 0 Å². The molecule has 0 bridgehead atoms. The zero-order valence-electron chi connectivity index (χ0n) is 11.3. The molecule has 0 radical (unpaired) electrons. The molecule has 0 saturated heterocycles. The first-order valence-corrected chi connectivity index (χ1v) is 6.13. The number of hydrogen-bond acceptors (Lipinski definition) is 1. The van der Waals surface area contributed by atoms with Crippen LogP contribution in [0.5, 0.6) is 0 Å². The fraction of sp³-hybridized carbons (Fsp3) is 0.200. The summed E-state index contributed by atoms with van der Waals surface area (Å²) in [6.45, 7) is 1.82. The van der Waals surface area contributed by atoms with Gasteiger partial charge in [-0.05, 0) is 19.5 Å². The van der Waals surface area contributed by atoms with Gasteiger partial charge in [0.1, 0.15) is 0 Å². The molecule has 0 aliphatic heterocycles. The van der Waals surface area contributed by atoms with Gasteiger partial charge in [0.25, 0.3) is 0 Å². The van der Waals surface area contributed by atoms with Crippen molar-refractivity contribution in [3.8, 4) is 0 Å². The molecule has 2 rings (SSSR count). The summed E-state index contributed by atoms with van der Waals surface area (Å²) in [6, 6.07) is 5.36. The van der Waals surface area contributed by atoms with Crippen molar-refractivity contribution in [3.63, 3.8) is 0 Å². The standard InChI is InChI=1S/C15H12F5N/c1-7-3-5-8(6-4-7)15(21-2)9-10(16)12(18)14(20)13(19)11(9)17/h3-6,15,21H,1-2H3. The van der Waals surface area contributed by atoms with Gasteiger partial charge in [-0.3, -0.25) is 0 Å². The summed E-state index contributed by atoms with van der Waals surface area (Å²) in [5.74, 6) is -9.71. The molecule has 112 valence electrons. The summed E-state index contributed by atoms with van der Waals surface area (Å²) in [4.78, 5) is 0. The van der Waals surface area contributed by atoms with Crippen molar-refractivity contribution in [1.29, 1.82) is 0 Å². The minimum Gasteiger partial charge on any atom is -0.309 e. The Kier molecular flexibility index (Phi) is 4.27. The molecule has 0 aliphatic rings. The monoisotopic (exact) mass is 301 g/mol. The lowest BCUT2D eigenvalue weighted by Gasteiger charge is -2.19. The van der Waals surface area contributed by atoms with E-state index in [0.717, 1.165) is 5.56 Å². The molecule has 2 aromatic rings. The highest BCUT2D eigenvalue weighted by Gasteiger charge is 2.30. The largest absolute Gasteiger partial charge is 0.309 e. The molecule has 0 spiro atoms. The fourth-order valence-electron chi connectivity index (χ4n) is 2.11. The van der Waals surface area contributed by atoms with Crippen LogP contribution in [0.1, 0.15) is 22.7 Å². The summed E-state index contributed by atoms with van der Waals surface area (Å²) in [5, 5.41) is 2.57. The quantitative estimate of drug-likeness (QED) is 0.513. The minimum absolute atomic E-state index is 0.395. The Hall–Kier alpha value is -1.95. The summed E-state index contributed by atoms with van der Waals surface area (Å²) < 4.78 is 67.3. The molecular weight excluding hydrogens is 289 g/mol. The molecule has 21 heavy (non-hydrogen) atoms. The van der Waals surface area contributed by atoms with Gasteiger partial charge >= 0.3 is 0 Å². The zero-order valence-corrected chi connectivity index (χ0v) is 11.3. The van der Waals surface area contributed by atoms with E-state index >= 15 is 0 Å². The Morgan fingerprint density at radius 2 is 1.19 bits per heavy atom. The molecule has 1 N–H and O–H groups in total. The number of aryl methyl sites for hydroxylation is 1. The average molecular weight is 301 g/mol. The highest BCUT2D eigenvalue weighted by molar-refractivity contribution is 5.36. The van der Waals surface area contributed by atoms with E-state index in [1.54, 1.807) is 24.3 Å². The molecule has 1 nitrogen and oxygen atoms in total. The van der Waals surface area contributed by atoms with Crippen LogP contribution in [0.3, 0.4) is 0 Å². The van der Waals surface area contributed by atoms with Gasteiger partial charge < -0.3 is 5.32 Å². The van der Waals surface area contributed by atoms with Crippen molar-refractivity contribution in [1.82, 2.24) is 5.32 Å².